The van der Waals surface area contributed by atoms with Crippen molar-refractivity contribution >= 4 is 67.6 Å². The van der Waals surface area contributed by atoms with Crippen molar-refractivity contribution in [2.24, 2.45) is 0 Å². The molecule has 0 saturated carbocycles. The number of nitriles is 1. The molecule has 2 fully saturated rings. The minimum Gasteiger partial charge on any atom is -0.351 e. The van der Waals surface area contributed by atoms with Gasteiger partial charge >= 0.3 is 0 Å². The van der Waals surface area contributed by atoms with E-state index >= 15 is 4.39 Å². The molecule has 3 aromatic carbocycles. The number of pyridine rings is 1. The lowest BCUT2D eigenvalue weighted by Gasteiger charge is -2.52. The average molecular weight is 672 g/mol. The van der Waals surface area contributed by atoms with Gasteiger partial charge in [0.05, 0.1) is 29.1 Å². The van der Waals surface area contributed by atoms with E-state index in [1.807, 2.05) is 49.1 Å². The van der Waals surface area contributed by atoms with Crippen LogP contribution in [0, 0.1) is 17.1 Å². The second-order valence-corrected chi connectivity index (χ2v) is 13.7. The topological polar surface area (TPSA) is 94.2 Å². The Labute approximate surface area is 281 Å². The summed E-state index contributed by atoms with van der Waals surface area (Å²) in [5.41, 5.74) is 2.05. The summed E-state index contributed by atoms with van der Waals surface area (Å²) in [6.07, 6.45) is 2.51. The molecule has 2 aromatic heterocycles. The summed E-state index contributed by atoms with van der Waals surface area (Å²) in [5, 5.41) is 21.6. The molecule has 47 heavy (non-hydrogen) atoms. The van der Waals surface area contributed by atoms with E-state index in [0.717, 1.165) is 5.39 Å². The number of carbonyl (C=O) groups excluding carboxylic acids is 1. The predicted octanol–water partition coefficient (Wildman–Crippen LogP) is 7.02. The molecule has 2 saturated heterocycles. The molecule has 9 nitrogen and oxygen atoms in total. The van der Waals surface area contributed by atoms with Crippen LogP contribution in [0.3, 0.4) is 0 Å². The van der Waals surface area contributed by atoms with E-state index in [2.05, 4.69) is 39.7 Å². The van der Waals surface area contributed by atoms with Gasteiger partial charge in [0.2, 0.25) is 5.91 Å². The summed E-state index contributed by atoms with van der Waals surface area (Å²) < 4.78 is 18.9. The van der Waals surface area contributed by atoms with E-state index in [-0.39, 0.29) is 46.1 Å². The Morgan fingerprint density at radius 1 is 1.19 bits per heavy atom. The number of aromatic nitrogens is 4. The minimum absolute atomic E-state index is 0.0859. The third-order valence-corrected chi connectivity index (χ3v) is 10.6. The number of nitrogens with zero attached hydrogens (tertiary/aromatic N) is 8. The van der Waals surface area contributed by atoms with Crippen LogP contribution in [0.1, 0.15) is 32.2 Å². The number of likely N-dealkylation sites (N-methyl/N-ethyl adjacent to an activating group) is 1. The fourth-order valence-electron chi connectivity index (χ4n) is 7.15. The highest BCUT2D eigenvalue weighted by Crippen LogP contribution is 2.45. The fourth-order valence-corrected chi connectivity index (χ4v) is 7.72. The van der Waals surface area contributed by atoms with E-state index in [9.17, 15) is 10.1 Å². The molecule has 240 valence electrons. The van der Waals surface area contributed by atoms with Crippen LogP contribution in [0.5, 0.6) is 0 Å². The maximum Gasteiger partial charge on any atom is 0.246 e. The SMILES string of the molecule is C=CC(=O)N1CCC(n2nnc3c(N4CC(C)(N(C)C)C4)nc4c(F)c(-c5cccc6cccc(Cl)c56)c(Cl)cc4c32)C[C@H]1CC#N. The highest BCUT2D eigenvalue weighted by molar-refractivity contribution is 6.38. The van der Waals surface area contributed by atoms with Crippen molar-refractivity contribution in [3.8, 4) is 17.2 Å². The van der Waals surface area contributed by atoms with Crippen LogP contribution in [-0.4, -0.2) is 81.0 Å². The second-order valence-electron chi connectivity index (χ2n) is 12.9. The number of anilines is 1. The molecule has 5 aromatic rings. The standard InChI is InChI=1S/C35H33Cl2FN8O/c1-5-27(47)45-15-13-22(16-21(45)12-14-39)46-33-24-17-26(37)29(23-10-6-8-20-9-7-11-25(36)28(20)23)30(38)31(24)40-34(32(33)41-42-46)44-18-35(2,19-44)43(3)4/h5-11,17,21-22H,1,12-13,15-16,18-19H2,2-4H3/t21-,22?/m1/s1. The summed E-state index contributed by atoms with van der Waals surface area (Å²) >= 11 is 13.6. The molecule has 0 aliphatic carbocycles. The molecule has 2 aliphatic heterocycles. The Morgan fingerprint density at radius 2 is 1.94 bits per heavy atom. The monoisotopic (exact) mass is 670 g/mol. The summed E-state index contributed by atoms with van der Waals surface area (Å²) in [4.78, 5) is 23.5. The van der Waals surface area contributed by atoms with Crippen LogP contribution >= 0.6 is 23.2 Å². The lowest BCUT2D eigenvalue weighted by molar-refractivity contribution is -0.130. The van der Waals surface area contributed by atoms with Crippen molar-refractivity contribution in [3.05, 3.63) is 71.0 Å². The number of amides is 1. The van der Waals surface area contributed by atoms with Crippen molar-refractivity contribution in [1.29, 1.82) is 5.26 Å². The van der Waals surface area contributed by atoms with E-state index in [0.29, 0.717) is 70.7 Å². The molecule has 0 bridgehead atoms. The molecule has 2 aliphatic rings. The lowest BCUT2D eigenvalue weighted by atomic mass is 9.90. The molecule has 0 spiro atoms. The zero-order valence-corrected chi connectivity index (χ0v) is 27.9. The molecule has 4 heterocycles. The Morgan fingerprint density at radius 3 is 2.64 bits per heavy atom. The average Bonchev–Trinajstić information content (AvgIpc) is 3.49. The first-order chi connectivity index (χ1) is 22.6. The molecular formula is C35H33Cl2FN8O. The van der Waals surface area contributed by atoms with E-state index < -0.39 is 5.82 Å². The number of benzene rings is 3. The summed E-state index contributed by atoms with van der Waals surface area (Å²) in [5.74, 6) is -0.213. The first kappa shape index (κ1) is 31.3. The largest absolute Gasteiger partial charge is 0.351 e. The van der Waals surface area contributed by atoms with Gasteiger partial charge in [0.1, 0.15) is 11.0 Å². The molecule has 0 radical (unpaired) electrons. The Hall–Kier alpha value is -4.30. The van der Waals surface area contributed by atoms with E-state index in [1.165, 1.54) is 6.08 Å². The number of halogens is 3. The number of piperidine rings is 1. The number of hydrogen-bond acceptors (Lipinski definition) is 7. The third kappa shape index (κ3) is 5.00. The quantitative estimate of drug-likeness (QED) is 0.179. The van der Waals surface area contributed by atoms with Crippen LogP contribution in [0.15, 0.2) is 55.1 Å². The van der Waals surface area contributed by atoms with E-state index in [1.54, 1.807) is 17.0 Å². The van der Waals surface area contributed by atoms with Crippen LogP contribution in [-0.2, 0) is 4.79 Å². The van der Waals surface area contributed by atoms with Crippen LogP contribution in [0.25, 0.3) is 43.8 Å². The first-order valence-corrected chi connectivity index (χ1v) is 16.3. The number of carbonyl (C=O) groups is 1. The van der Waals surface area contributed by atoms with Crippen molar-refractivity contribution in [1.82, 2.24) is 29.8 Å². The van der Waals surface area contributed by atoms with Gasteiger partial charge in [-0.2, -0.15) is 5.26 Å². The Bertz CT molecular complexity index is 2130. The molecule has 0 N–H and O–H groups in total. The van der Waals surface area contributed by atoms with Crippen molar-refractivity contribution in [2.75, 3.05) is 38.6 Å². The van der Waals surface area contributed by atoms with Crippen molar-refractivity contribution in [2.45, 2.75) is 43.8 Å². The molecule has 7 rings (SSSR count). The minimum atomic E-state index is -0.555. The zero-order chi connectivity index (χ0) is 33.2. The van der Waals surface area contributed by atoms with Gasteiger partial charge in [0, 0.05) is 47.0 Å². The normalized spacial score (nSPS) is 19.4. The van der Waals surface area contributed by atoms with Gasteiger partial charge in [0.15, 0.2) is 17.2 Å². The Balaban J connectivity index is 1.45. The summed E-state index contributed by atoms with van der Waals surface area (Å²) in [6, 6.07) is 14.6. The second kappa shape index (κ2) is 11.7. The summed E-state index contributed by atoms with van der Waals surface area (Å²) in [6.45, 7) is 7.58. The number of likely N-dealkylation sites (tertiary alicyclic amines) is 1. The van der Waals surface area contributed by atoms with Gasteiger partial charge in [-0.05, 0) is 63.0 Å². The van der Waals surface area contributed by atoms with E-state index in [4.69, 9.17) is 28.2 Å². The van der Waals surface area contributed by atoms with Crippen LogP contribution in [0.2, 0.25) is 10.0 Å². The van der Waals surface area contributed by atoms with Gasteiger partial charge in [-0.1, -0.05) is 65.3 Å². The fraction of sp³-hybridized carbons (Fsp3) is 0.343. The number of hydrogen-bond donors (Lipinski definition) is 0. The first-order valence-electron chi connectivity index (χ1n) is 15.5. The molecule has 2 atom stereocenters. The van der Waals surface area contributed by atoms with Gasteiger partial charge < -0.3 is 14.7 Å². The van der Waals surface area contributed by atoms with Gasteiger partial charge in [0.25, 0.3) is 0 Å². The van der Waals surface area contributed by atoms with Crippen LogP contribution < -0.4 is 4.90 Å². The third-order valence-electron chi connectivity index (χ3n) is 9.96. The zero-order valence-electron chi connectivity index (χ0n) is 26.3. The van der Waals surface area contributed by atoms with Crippen LogP contribution in [0.4, 0.5) is 10.2 Å². The van der Waals surface area contributed by atoms with Crippen molar-refractivity contribution < 1.29 is 9.18 Å². The number of fused-ring (bicyclic) bond motifs is 4. The predicted molar refractivity (Wildman–Crippen MR) is 184 cm³/mol. The maximum absolute atomic E-state index is 17.1. The highest BCUT2D eigenvalue weighted by atomic mass is 35.5. The van der Waals surface area contributed by atoms with Gasteiger partial charge in [-0.25, -0.2) is 14.1 Å². The molecule has 1 unspecified atom stereocenters. The molecule has 12 heteroatoms. The van der Waals surface area contributed by atoms with Gasteiger partial charge in [-0.3, -0.25) is 4.79 Å². The highest BCUT2D eigenvalue weighted by Gasteiger charge is 2.43. The molecular weight excluding hydrogens is 638 g/mol. The molecule has 1 amide bonds. The smallest absolute Gasteiger partial charge is 0.246 e. The van der Waals surface area contributed by atoms with Gasteiger partial charge in [-0.15, -0.1) is 5.10 Å². The maximum atomic E-state index is 17.1. The van der Waals surface area contributed by atoms with Crippen molar-refractivity contribution in [3.63, 3.8) is 0 Å². The summed E-state index contributed by atoms with van der Waals surface area (Å²) in [7, 11) is 4.09. The Kier molecular flexibility index (Phi) is 7.82. The number of rotatable bonds is 6. The lowest BCUT2D eigenvalue weighted by Crippen LogP contribution is -2.67.